The second kappa shape index (κ2) is 6.39. The van der Waals surface area contributed by atoms with E-state index in [1.807, 2.05) is 0 Å². The molecule has 0 aromatic carbocycles. The Balaban J connectivity index is 1.69. The average molecular weight is 238 g/mol. The number of carbonyl (C=O) groups excluding carboxylic acids is 1. The zero-order chi connectivity index (χ0) is 12.1. The van der Waals surface area contributed by atoms with E-state index >= 15 is 0 Å². The van der Waals surface area contributed by atoms with E-state index in [9.17, 15) is 4.79 Å². The molecule has 0 aromatic rings. The molecule has 0 spiro atoms. The molecule has 1 aliphatic heterocycles. The van der Waals surface area contributed by atoms with Crippen LogP contribution in [0.5, 0.6) is 0 Å². The van der Waals surface area contributed by atoms with Gasteiger partial charge in [0.2, 0.25) is 5.91 Å². The molecule has 3 nitrogen and oxygen atoms in total. The summed E-state index contributed by atoms with van der Waals surface area (Å²) in [5.74, 6) is 1.26. The standard InChI is InChI=1S/C14H26N2O/c1-2-5-14(17)16-9-4-8-13(11-16)15-10-12-6-3-7-12/h12-13,15H,2-11H2,1H3. The van der Waals surface area contributed by atoms with Crippen LogP contribution in [0.2, 0.25) is 0 Å². The molecule has 0 bridgehead atoms. The number of nitrogens with zero attached hydrogens (tertiary/aromatic N) is 1. The van der Waals surface area contributed by atoms with E-state index < -0.39 is 0 Å². The SMILES string of the molecule is CCCC(=O)N1CCCC(NCC2CCC2)C1. The maximum absolute atomic E-state index is 11.8. The summed E-state index contributed by atoms with van der Waals surface area (Å²) in [6.45, 7) is 5.15. The Morgan fingerprint density at radius 3 is 2.76 bits per heavy atom. The fourth-order valence-corrected chi connectivity index (χ4v) is 2.77. The van der Waals surface area contributed by atoms with Crippen molar-refractivity contribution in [3.63, 3.8) is 0 Å². The van der Waals surface area contributed by atoms with Crippen molar-refractivity contribution in [2.45, 2.75) is 57.9 Å². The average Bonchev–Trinajstić information content (AvgIpc) is 2.28. The zero-order valence-corrected chi connectivity index (χ0v) is 11.1. The first kappa shape index (κ1) is 12.9. The number of carbonyl (C=O) groups is 1. The number of hydrogen-bond donors (Lipinski definition) is 1. The second-order valence-electron chi connectivity index (χ2n) is 5.63. The molecule has 1 unspecified atom stereocenters. The van der Waals surface area contributed by atoms with Gasteiger partial charge in [-0.3, -0.25) is 4.79 Å². The molecule has 0 radical (unpaired) electrons. The third kappa shape index (κ3) is 3.70. The van der Waals surface area contributed by atoms with Gasteiger partial charge in [-0.05, 0) is 44.6 Å². The summed E-state index contributed by atoms with van der Waals surface area (Å²) in [6.07, 6.45) is 8.31. The van der Waals surface area contributed by atoms with Crippen molar-refractivity contribution in [1.29, 1.82) is 0 Å². The summed E-state index contributed by atoms with van der Waals surface area (Å²) in [6, 6.07) is 0.546. The third-order valence-corrected chi connectivity index (χ3v) is 4.16. The van der Waals surface area contributed by atoms with Crippen LogP contribution in [-0.2, 0) is 4.79 Å². The Labute approximate surface area is 105 Å². The van der Waals surface area contributed by atoms with Gasteiger partial charge in [-0.2, -0.15) is 0 Å². The maximum Gasteiger partial charge on any atom is 0.222 e. The molecule has 1 amide bonds. The van der Waals surface area contributed by atoms with Gasteiger partial charge in [0.25, 0.3) is 0 Å². The Hall–Kier alpha value is -0.570. The monoisotopic (exact) mass is 238 g/mol. The van der Waals surface area contributed by atoms with Gasteiger partial charge in [0.1, 0.15) is 0 Å². The molecule has 1 saturated heterocycles. The van der Waals surface area contributed by atoms with Gasteiger partial charge >= 0.3 is 0 Å². The summed E-state index contributed by atoms with van der Waals surface area (Å²) in [4.78, 5) is 13.9. The van der Waals surface area contributed by atoms with Crippen LogP contribution in [0, 0.1) is 5.92 Å². The Kier molecular flexibility index (Phi) is 4.84. The van der Waals surface area contributed by atoms with Crippen LogP contribution in [0.15, 0.2) is 0 Å². The van der Waals surface area contributed by atoms with E-state index in [1.54, 1.807) is 0 Å². The summed E-state index contributed by atoms with van der Waals surface area (Å²) in [5, 5.41) is 3.66. The summed E-state index contributed by atoms with van der Waals surface area (Å²) >= 11 is 0. The zero-order valence-electron chi connectivity index (χ0n) is 11.1. The van der Waals surface area contributed by atoms with E-state index in [0.29, 0.717) is 11.9 Å². The molecule has 1 saturated carbocycles. The van der Waals surface area contributed by atoms with Gasteiger partial charge in [0.05, 0.1) is 0 Å². The van der Waals surface area contributed by atoms with Crippen molar-refractivity contribution in [1.82, 2.24) is 10.2 Å². The fraction of sp³-hybridized carbons (Fsp3) is 0.929. The lowest BCUT2D eigenvalue weighted by molar-refractivity contribution is -0.132. The highest BCUT2D eigenvalue weighted by Crippen LogP contribution is 2.25. The lowest BCUT2D eigenvalue weighted by atomic mass is 9.85. The quantitative estimate of drug-likeness (QED) is 0.796. The van der Waals surface area contributed by atoms with Crippen LogP contribution in [0.3, 0.4) is 0 Å². The van der Waals surface area contributed by atoms with Crippen molar-refractivity contribution >= 4 is 5.91 Å². The lowest BCUT2D eigenvalue weighted by Crippen LogP contribution is -2.49. The van der Waals surface area contributed by atoms with Crippen LogP contribution < -0.4 is 5.32 Å². The molecule has 2 rings (SSSR count). The van der Waals surface area contributed by atoms with E-state index in [2.05, 4.69) is 17.1 Å². The molecular weight excluding hydrogens is 212 g/mol. The highest BCUT2D eigenvalue weighted by Gasteiger charge is 2.24. The number of nitrogens with one attached hydrogen (secondary N) is 1. The topological polar surface area (TPSA) is 32.3 Å². The minimum atomic E-state index is 0.350. The molecule has 98 valence electrons. The van der Waals surface area contributed by atoms with E-state index in [0.717, 1.165) is 38.3 Å². The highest BCUT2D eigenvalue weighted by atomic mass is 16.2. The van der Waals surface area contributed by atoms with Gasteiger partial charge in [-0.15, -0.1) is 0 Å². The van der Waals surface area contributed by atoms with Gasteiger partial charge in [0, 0.05) is 25.6 Å². The van der Waals surface area contributed by atoms with Gasteiger partial charge in [0.15, 0.2) is 0 Å². The molecule has 2 aliphatic rings. The summed E-state index contributed by atoms with van der Waals surface area (Å²) < 4.78 is 0. The smallest absolute Gasteiger partial charge is 0.222 e. The Morgan fingerprint density at radius 2 is 2.12 bits per heavy atom. The molecule has 0 aromatic heterocycles. The van der Waals surface area contributed by atoms with Crippen LogP contribution in [0.4, 0.5) is 0 Å². The number of amides is 1. The molecule has 1 aliphatic carbocycles. The first-order valence-corrected chi connectivity index (χ1v) is 7.30. The molecule has 17 heavy (non-hydrogen) atoms. The van der Waals surface area contributed by atoms with Crippen LogP contribution in [-0.4, -0.2) is 36.5 Å². The minimum absolute atomic E-state index is 0.350. The number of hydrogen-bond acceptors (Lipinski definition) is 2. The number of likely N-dealkylation sites (tertiary alicyclic amines) is 1. The predicted molar refractivity (Wildman–Crippen MR) is 69.9 cm³/mol. The molecular formula is C14H26N2O. The molecule has 1 N–H and O–H groups in total. The van der Waals surface area contributed by atoms with Crippen molar-refractivity contribution in [3.8, 4) is 0 Å². The maximum atomic E-state index is 11.8. The molecule has 2 fully saturated rings. The van der Waals surface area contributed by atoms with Crippen molar-refractivity contribution < 1.29 is 4.79 Å². The molecule has 1 atom stereocenters. The molecule has 3 heteroatoms. The van der Waals surface area contributed by atoms with Crippen LogP contribution in [0.25, 0.3) is 0 Å². The van der Waals surface area contributed by atoms with Crippen molar-refractivity contribution in [2.75, 3.05) is 19.6 Å². The predicted octanol–water partition coefficient (Wildman–Crippen LogP) is 2.17. The fourth-order valence-electron chi connectivity index (χ4n) is 2.77. The van der Waals surface area contributed by atoms with E-state index in [4.69, 9.17) is 0 Å². The van der Waals surface area contributed by atoms with Gasteiger partial charge < -0.3 is 10.2 Å². The summed E-state index contributed by atoms with van der Waals surface area (Å²) in [5.41, 5.74) is 0. The van der Waals surface area contributed by atoms with Crippen molar-refractivity contribution in [3.05, 3.63) is 0 Å². The minimum Gasteiger partial charge on any atom is -0.341 e. The largest absolute Gasteiger partial charge is 0.341 e. The summed E-state index contributed by atoms with van der Waals surface area (Å²) in [7, 11) is 0. The van der Waals surface area contributed by atoms with E-state index in [-0.39, 0.29) is 0 Å². The second-order valence-corrected chi connectivity index (χ2v) is 5.63. The first-order chi connectivity index (χ1) is 8.29. The first-order valence-electron chi connectivity index (χ1n) is 7.30. The van der Waals surface area contributed by atoms with Crippen molar-refractivity contribution in [2.24, 2.45) is 5.92 Å². The Bertz CT molecular complexity index is 251. The number of rotatable bonds is 5. The van der Waals surface area contributed by atoms with Crippen LogP contribution in [0.1, 0.15) is 51.9 Å². The van der Waals surface area contributed by atoms with E-state index in [1.165, 1.54) is 32.2 Å². The van der Waals surface area contributed by atoms with Gasteiger partial charge in [-0.25, -0.2) is 0 Å². The molecule has 1 heterocycles. The van der Waals surface area contributed by atoms with Gasteiger partial charge in [-0.1, -0.05) is 13.3 Å². The lowest BCUT2D eigenvalue weighted by Gasteiger charge is -2.35. The highest BCUT2D eigenvalue weighted by molar-refractivity contribution is 5.76. The number of piperidine rings is 1. The Morgan fingerprint density at radius 1 is 1.29 bits per heavy atom. The normalized spacial score (nSPS) is 25.7. The third-order valence-electron chi connectivity index (χ3n) is 4.16. The van der Waals surface area contributed by atoms with Crippen LogP contribution >= 0.6 is 0 Å².